The van der Waals surface area contributed by atoms with Crippen LogP contribution in [0, 0.1) is 11.8 Å². The van der Waals surface area contributed by atoms with Crippen LogP contribution in [0.25, 0.3) is 0 Å². The molecule has 2 fully saturated rings. The summed E-state index contributed by atoms with van der Waals surface area (Å²) in [6.45, 7) is 3.31. The third-order valence-corrected chi connectivity index (χ3v) is 5.19. The van der Waals surface area contributed by atoms with Crippen LogP contribution in [0.2, 0.25) is 0 Å². The van der Waals surface area contributed by atoms with Crippen molar-refractivity contribution in [2.24, 2.45) is 11.8 Å². The molecule has 2 N–H and O–H groups in total. The van der Waals surface area contributed by atoms with E-state index in [4.69, 9.17) is 0 Å². The normalized spacial score (nSPS) is 31.4. The number of likely N-dealkylation sites (tertiary alicyclic amines) is 1. The lowest BCUT2D eigenvalue weighted by atomic mass is 10.00. The van der Waals surface area contributed by atoms with Gasteiger partial charge in [0.1, 0.15) is 0 Å². The van der Waals surface area contributed by atoms with E-state index < -0.39 is 0 Å². The maximum Gasteiger partial charge on any atom is 0.253 e. The Balaban J connectivity index is 1.53. The Labute approximate surface area is 118 Å². The van der Waals surface area contributed by atoms with Crippen LogP contribution in [0.5, 0.6) is 0 Å². The molecule has 0 spiro atoms. The van der Waals surface area contributed by atoms with Crippen molar-refractivity contribution in [2.45, 2.75) is 32.0 Å². The molecule has 4 rings (SSSR count). The number of aliphatic hydroxyl groups is 1. The summed E-state index contributed by atoms with van der Waals surface area (Å²) in [5.74, 6) is 0.932. The Morgan fingerprint density at radius 1 is 1.20 bits per heavy atom. The fourth-order valence-corrected chi connectivity index (χ4v) is 4.01. The minimum Gasteiger partial charge on any atom is -0.393 e. The number of benzene rings is 1. The van der Waals surface area contributed by atoms with Gasteiger partial charge in [0.05, 0.1) is 6.10 Å². The molecule has 1 aromatic rings. The van der Waals surface area contributed by atoms with Gasteiger partial charge >= 0.3 is 0 Å². The third-order valence-electron chi connectivity index (χ3n) is 5.19. The van der Waals surface area contributed by atoms with E-state index in [1.165, 1.54) is 11.1 Å². The average molecular weight is 272 g/mol. The lowest BCUT2D eigenvalue weighted by Gasteiger charge is -2.19. The Kier molecular flexibility index (Phi) is 2.82. The Bertz CT molecular complexity index is 557. The molecule has 1 aromatic carbocycles. The van der Waals surface area contributed by atoms with Crippen molar-refractivity contribution in [1.29, 1.82) is 0 Å². The summed E-state index contributed by atoms with van der Waals surface area (Å²) < 4.78 is 0. The van der Waals surface area contributed by atoms with Crippen LogP contribution in [-0.4, -0.2) is 35.1 Å². The van der Waals surface area contributed by atoms with Gasteiger partial charge in [-0.15, -0.1) is 0 Å². The molecule has 1 amide bonds. The second-order valence-corrected chi connectivity index (χ2v) is 6.37. The smallest absolute Gasteiger partial charge is 0.253 e. The molecule has 0 radical (unpaired) electrons. The lowest BCUT2D eigenvalue weighted by Crippen LogP contribution is -2.31. The van der Waals surface area contributed by atoms with E-state index in [0.717, 1.165) is 44.6 Å². The SMILES string of the molecule is O=C(c1ccc2c(c1)CNC2)N1CC2CCC(O)C2C1. The molecule has 20 heavy (non-hydrogen) atoms. The summed E-state index contributed by atoms with van der Waals surface area (Å²) >= 11 is 0. The number of rotatable bonds is 1. The Morgan fingerprint density at radius 3 is 2.90 bits per heavy atom. The standard InChI is InChI=1S/C16H20N2O2/c19-15-4-3-12-8-18(9-14(12)15)16(20)10-1-2-11-6-17-7-13(11)5-10/h1-2,5,12,14-15,17,19H,3-4,6-9H2. The first-order valence-electron chi connectivity index (χ1n) is 7.52. The predicted molar refractivity (Wildman–Crippen MR) is 75.1 cm³/mol. The molecule has 4 nitrogen and oxygen atoms in total. The van der Waals surface area contributed by atoms with Gasteiger partial charge in [0.25, 0.3) is 5.91 Å². The van der Waals surface area contributed by atoms with E-state index >= 15 is 0 Å². The molecule has 2 aliphatic heterocycles. The minimum atomic E-state index is -0.206. The van der Waals surface area contributed by atoms with Crippen molar-refractivity contribution in [3.05, 3.63) is 34.9 Å². The molecule has 1 saturated carbocycles. The number of carbonyl (C=O) groups excluding carboxylic acids is 1. The molecular weight excluding hydrogens is 252 g/mol. The molecule has 106 valence electrons. The highest BCUT2D eigenvalue weighted by Gasteiger charge is 2.43. The highest BCUT2D eigenvalue weighted by atomic mass is 16.3. The summed E-state index contributed by atoms with van der Waals surface area (Å²) in [7, 11) is 0. The largest absolute Gasteiger partial charge is 0.393 e. The van der Waals surface area contributed by atoms with E-state index in [1.807, 2.05) is 17.0 Å². The minimum absolute atomic E-state index is 0.126. The van der Waals surface area contributed by atoms with Gasteiger partial charge in [-0.25, -0.2) is 0 Å². The van der Waals surface area contributed by atoms with E-state index in [-0.39, 0.29) is 12.0 Å². The van der Waals surface area contributed by atoms with Gasteiger partial charge in [-0.1, -0.05) is 6.07 Å². The molecule has 4 heteroatoms. The zero-order valence-electron chi connectivity index (χ0n) is 11.5. The van der Waals surface area contributed by atoms with Crippen LogP contribution in [-0.2, 0) is 13.1 Å². The van der Waals surface area contributed by atoms with Crippen LogP contribution in [0.3, 0.4) is 0 Å². The number of carbonyl (C=O) groups is 1. The van der Waals surface area contributed by atoms with Crippen molar-refractivity contribution in [3.8, 4) is 0 Å². The number of amides is 1. The maximum absolute atomic E-state index is 12.6. The number of nitrogens with one attached hydrogen (secondary N) is 1. The molecule has 2 heterocycles. The topological polar surface area (TPSA) is 52.6 Å². The molecule has 3 unspecified atom stereocenters. The summed E-state index contributed by atoms with van der Waals surface area (Å²) in [5.41, 5.74) is 3.34. The molecule has 3 aliphatic rings. The zero-order valence-corrected chi connectivity index (χ0v) is 11.5. The quantitative estimate of drug-likeness (QED) is 0.806. The van der Waals surface area contributed by atoms with Gasteiger partial charge in [-0.3, -0.25) is 4.79 Å². The Morgan fingerprint density at radius 2 is 2.05 bits per heavy atom. The summed E-state index contributed by atoms with van der Waals surface area (Å²) in [4.78, 5) is 14.5. The average Bonchev–Trinajstić information content (AvgIpc) is 3.14. The van der Waals surface area contributed by atoms with Crippen LogP contribution in [0.1, 0.15) is 34.3 Å². The molecule has 0 aromatic heterocycles. The van der Waals surface area contributed by atoms with Crippen LogP contribution < -0.4 is 5.32 Å². The monoisotopic (exact) mass is 272 g/mol. The molecule has 0 bridgehead atoms. The van der Waals surface area contributed by atoms with Crippen molar-refractivity contribution < 1.29 is 9.90 Å². The van der Waals surface area contributed by atoms with Gasteiger partial charge in [0.2, 0.25) is 0 Å². The van der Waals surface area contributed by atoms with Crippen LogP contribution in [0.4, 0.5) is 0 Å². The van der Waals surface area contributed by atoms with Crippen molar-refractivity contribution >= 4 is 5.91 Å². The number of hydrogen-bond acceptors (Lipinski definition) is 3. The van der Waals surface area contributed by atoms with E-state index in [1.54, 1.807) is 0 Å². The fourth-order valence-electron chi connectivity index (χ4n) is 4.01. The number of fused-ring (bicyclic) bond motifs is 2. The van der Waals surface area contributed by atoms with Gasteiger partial charge < -0.3 is 15.3 Å². The second-order valence-electron chi connectivity index (χ2n) is 6.37. The van der Waals surface area contributed by atoms with Crippen molar-refractivity contribution in [1.82, 2.24) is 10.2 Å². The zero-order chi connectivity index (χ0) is 13.7. The summed E-state index contributed by atoms with van der Waals surface area (Å²) in [6, 6.07) is 6.04. The fraction of sp³-hybridized carbons (Fsp3) is 0.562. The van der Waals surface area contributed by atoms with E-state index in [2.05, 4.69) is 11.4 Å². The summed E-state index contributed by atoms with van der Waals surface area (Å²) in [6.07, 6.45) is 1.76. The van der Waals surface area contributed by atoms with Crippen LogP contribution in [0.15, 0.2) is 18.2 Å². The number of hydrogen-bond donors (Lipinski definition) is 2. The lowest BCUT2D eigenvalue weighted by molar-refractivity contribution is 0.0752. The van der Waals surface area contributed by atoms with Gasteiger partial charge in [-0.05, 0) is 42.0 Å². The van der Waals surface area contributed by atoms with E-state index in [9.17, 15) is 9.90 Å². The molecule has 1 saturated heterocycles. The summed E-state index contributed by atoms with van der Waals surface area (Å²) in [5, 5.41) is 13.3. The third kappa shape index (κ3) is 1.86. The molecular formula is C16H20N2O2. The highest BCUT2D eigenvalue weighted by Crippen LogP contribution is 2.38. The molecule has 3 atom stereocenters. The van der Waals surface area contributed by atoms with Gasteiger partial charge in [0, 0.05) is 37.7 Å². The first-order chi connectivity index (χ1) is 9.72. The van der Waals surface area contributed by atoms with Crippen molar-refractivity contribution in [2.75, 3.05) is 13.1 Å². The Hall–Kier alpha value is -1.39. The highest BCUT2D eigenvalue weighted by molar-refractivity contribution is 5.94. The van der Waals surface area contributed by atoms with Gasteiger partial charge in [0.15, 0.2) is 0 Å². The van der Waals surface area contributed by atoms with Gasteiger partial charge in [-0.2, -0.15) is 0 Å². The maximum atomic E-state index is 12.6. The first kappa shape index (κ1) is 12.4. The van der Waals surface area contributed by atoms with Crippen molar-refractivity contribution in [3.63, 3.8) is 0 Å². The first-order valence-corrected chi connectivity index (χ1v) is 7.52. The van der Waals surface area contributed by atoms with E-state index in [0.29, 0.717) is 11.8 Å². The second kappa shape index (κ2) is 4.57. The number of aliphatic hydroxyl groups excluding tert-OH is 1. The molecule has 1 aliphatic carbocycles. The predicted octanol–water partition coefficient (Wildman–Crippen LogP) is 1.13. The number of nitrogens with zero attached hydrogens (tertiary/aromatic N) is 1. The van der Waals surface area contributed by atoms with Crippen LogP contribution >= 0.6 is 0 Å².